The van der Waals surface area contributed by atoms with Crippen molar-refractivity contribution >= 4 is 5.97 Å². The van der Waals surface area contributed by atoms with Crippen LogP contribution in [0.2, 0.25) is 0 Å². The van der Waals surface area contributed by atoms with E-state index < -0.39 is 0 Å². The van der Waals surface area contributed by atoms with Gasteiger partial charge in [0.25, 0.3) is 0 Å². The smallest absolute Gasteiger partial charge is 0.338 e. The van der Waals surface area contributed by atoms with Crippen LogP contribution in [0.15, 0.2) is 48.6 Å². The summed E-state index contributed by atoms with van der Waals surface area (Å²) in [5, 5.41) is 0. The van der Waals surface area contributed by atoms with Crippen molar-refractivity contribution in [2.75, 3.05) is 40.5 Å². The van der Waals surface area contributed by atoms with Crippen LogP contribution < -0.4 is 9.47 Å². The Morgan fingerprint density at radius 1 is 0.528 bits per heavy atom. The minimum absolute atomic E-state index is 0.355. The maximum absolute atomic E-state index is 12.9. The molecule has 1 heterocycles. The van der Waals surface area contributed by atoms with Gasteiger partial charge >= 0.3 is 5.97 Å². The van der Waals surface area contributed by atoms with Crippen molar-refractivity contribution in [3.8, 4) is 11.8 Å². The summed E-state index contributed by atoms with van der Waals surface area (Å²) in [6.07, 6.45) is 47.2. The number of carbonyl (C=O) groups excluding carboxylic acids is 1. The number of unbranched alkanes of at least 4 members (excludes halogenated alkanes) is 21. The Balaban J connectivity index is 2.30. The van der Waals surface area contributed by atoms with Crippen molar-refractivity contribution in [2.24, 2.45) is 0 Å². The van der Waals surface area contributed by atoms with Crippen LogP contribution in [0.3, 0.4) is 0 Å². The Morgan fingerprint density at radius 3 is 1.40 bits per heavy atom. The van der Waals surface area contributed by atoms with Gasteiger partial charge in [-0.3, -0.25) is 0 Å². The first kappa shape index (κ1) is 48.4. The highest BCUT2D eigenvalue weighted by Crippen LogP contribution is 2.21. The molecule has 53 heavy (non-hydrogen) atoms. The van der Waals surface area contributed by atoms with Crippen LogP contribution in [0.5, 0.6) is 11.8 Å². The summed E-state index contributed by atoms with van der Waals surface area (Å²) in [5.41, 5.74) is 0.438. The van der Waals surface area contributed by atoms with Crippen LogP contribution >= 0.6 is 0 Å². The van der Waals surface area contributed by atoms with Crippen LogP contribution in [0, 0.1) is 0 Å². The van der Waals surface area contributed by atoms with Gasteiger partial charge in [-0.05, 0) is 91.1 Å². The average Bonchev–Trinajstić information content (AvgIpc) is 3.15. The number of carbonyl (C=O) groups is 1. The van der Waals surface area contributed by atoms with E-state index in [2.05, 4.69) is 60.2 Å². The molecule has 0 aliphatic carbocycles. The van der Waals surface area contributed by atoms with E-state index in [0.29, 0.717) is 37.1 Å². The van der Waals surface area contributed by atoms with Gasteiger partial charge in [0.2, 0.25) is 11.8 Å². The molecule has 1 aromatic rings. The summed E-state index contributed by atoms with van der Waals surface area (Å²) >= 11 is 0. The Labute approximate surface area is 327 Å². The quantitative estimate of drug-likeness (QED) is 0.0382. The molecule has 1 aromatic heterocycles. The summed E-state index contributed by atoms with van der Waals surface area (Å²) < 4.78 is 17.6. The number of ether oxygens (including phenoxy) is 3. The molecule has 0 atom stereocenters. The number of hydrogen-bond donors (Lipinski definition) is 0. The molecule has 0 saturated heterocycles. The Bertz CT molecular complexity index is 1050. The monoisotopic (exact) mass is 739 g/mol. The third kappa shape index (κ3) is 32.5. The van der Waals surface area contributed by atoms with Crippen LogP contribution in [0.25, 0.3) is 0 Å². The van der Waals surface area contributed by atoms with Crippen LogP contribution in [-0.4, -0.2) is 56.3 Å². The van der Waals surface area contributed by atoms with Gasteiger partial charge in [0.1, 0.15) is 0 Å². The van der Waals surface area contributed by atoms with Gasteiger partial charge < -0.3 is 19.1 Å². The highest BCUT2D eigenvalue weighted by Gasteiger charge is 2.13. The standard InChI is InChI=1S/C47H82N2O4/c1-5-7-9-11-13-15-17-19-21-23-25-27-29-31-33-35-39-51-45-42-44(47(50)53-41-37-38-49(3)4)43-46(48-45)52-40-36-34-32-30-28-26-24-22-20-18-16-14-12-10-8-6-2/h13,15,19-22,42-43H,5-12,14,16-18,23-41H2,1-4H3/b15-13-,21-19-,22-20-. The second-order valence-corrected chi connectivity index (χ2v) is 15.0. The van der Waals surface area contributed by atoms with E-state index in [9.17, 15) is 4.79 Å². The average molecular weight is 739 g/mol. The molecule has 0 radical (unpaired) electrons. The Hall–Kier alpha value is -2.60. The lowest BCUT2D eigenvalue weighted by molar-refractivity contribution is 0.0491. The molecule has 0 spiro atoms. The normalized spacial score (nSPS) is 11.9. The first-order valence-electron chi connectivity index (χ1n) is 22.1. The summed E-state index contributed by atoms with van der Waals surface area (Å²) in [7, 11) is 4.04. The van der Waals surface area contributed by atoms with E-state index in [0.717, 1.165) is 45.1 Å². The van der Waals surface area contributed by atoms with Gasteiger partial charge in [-0.1, -0.05) is 147 Å². The second-order valence-electron chi connectivity index (χ2n) is 15.0. The molecule has 6 heteroatoms. The van der Waals surface area contributed by atoms with E-state index in [-0.39, 0.29) is 5.97 Å². The van der Waals surface area contributed by atoms with Gasteiger partial charge in [0, 0.05) is 18.7 Å². The molecule has 1 rings (SSSR count). The molecule has 0 N–H and O–H groups in total. The third-order valence-corrected chi connectivity index (χ3v) is 9.50. The molecule has 0 aromatic carbocycles. The van der Waals surface area contributed by atoms with E-state index in [1.807, 2.05) is 14.1 Å². The zero-order valence-electron chi connectivity index (χ0n) is 35.1. The predicted molar refractivity (Wildman–Crippen MR) is 227 cm³/mol. The maximum Gasteiger partial charge on any atom is 0.338 e. The highest BCUT2D eigenvalue weighted by atomic mass is 16.5. The van der Waals surface area contributed by atoms with Crippen molar-refractivity contribution in [2.45, 2.75) is 187 Å². The second kappa shape index (κ2) is 37.7. The molecule has 0 aliphatic rings. The van der Waals surface area contributed by atoms with Crippen molar-refractivity contribution in [1.29, 1.82) is 0 Å². The van der Waals surface area contributed by atoms with Gasteiger partial charge in [-0.2, -0.15) is 4.98 Å². The molecule has 0 saturated carbocycles. The van der Waals surface area contributed by atoms with Crippen LogP contribution in [0.1, 0.15) is 198 Å². The number of aromatic nitrogens is 1. The summed E-state index contributed by atoms with van der Waals surface area (Å²) in [4.78, 5) is 19.5. The minimum Gasteiger partial charge on any atom is -0.478 e. The molecule has 0 amide bonds. The number of nitrogens with zero attached hydrogens (tertiary/aromatic N) is 2. The Morgan fingerprint density at radius 2 is 0.925 bits per heavy atom. The molecule has 0 bridgehead atoms. The highest BCUT2D eigenvalue weighted by molar-refractivity contribution is 5.90. The molecular formula is C47H82N2O4. The molecular weight excluding hydrogens is 657 g/mol. The van der Waals surface area contributed by atoms with E-state index >= 15 is 0 Å². The number of allylic oxidation sites excluding steroid dienone is 6. The summed E-state index contributed by atoms with van der Waals surface area (Å²) in [5.74, 6) is 0.519. The molecule has 0 aliphatic heterocycles. The zero-order valence-corrected chi connectivity index (χ0v) is 35.1. The van der Waals surface area contributed by atoms with Gasteiger partial charge in [0.15, 0.2) is 0 Å². The van der Waals surface area contributed by atoms with E-state index in [4.69, 9.17) is 14.2 Å². The van der Waals surface area contributed by atoms with Crippen molar-refractivity contribution in [3.63, 3.8) is 0 Å². The van der Waals surface area contributed by atoms with E-state index in [1.165, 1.54) is 135 Å². The van der Waals surface area contributed by atoms with Gasteiger partial charge in [0.05, 0.1) is 25.4 Å². The van der Waals surface area contributed by atoms with Crippen LogP contribution in [-0.2, 0) is 4.74 Å². The lowest BCUT2D eigenvalue weighted by atomic mass is 10.1. The topological polar surface area (TPSA) is 60.9 Å². The van der Waals surface area contributed by atoms with Gasteiger partial charge in [-0.25, -0.2) is 4.79 Å². The largest absolute Gasteiger partial charge is 0.478 e. The SMILES string of the molecule is CCCCC/C=C\C/C=C\CCCCCCCCOc1cc(C(=O)OCCCN(C)C)cc(OCCCCCCCC/C=C\CCCCCCCC)n1. The molecule has 304 valence electrons. The third-order valence-electron chi connectivity index (χ3n) is 9.50. The Kier molecular flexibility index (Phi) is 34.4. The fourth-order valence-electron chi connectivity index (χ4n) is 6.17. The number of esters is 1. The maximum atomic E-state index is 12.9. The van der Waals surface area contributed by atoms with Crippen molar-refractivity contribution in [1.82, 2.24) is 9.88 Å². The van der Waals surface area contributed by atoms with Gasteiger partial charge in [-0.15, -0.1) is 0 Å². The zero-order chi connectivity index (χ0) is 38.3. The molecule has 0 fully saturated rings. The van der Waals surface area contributed by atoms with Crippen molar-refractivity contribution < 1.29 is 19.0 Å². The lowest BCUT2D eigenvalue weighted by Crippen LogP contribution is -2.16. The van der Waals surface area contributed by atoms with E-state index in [1.54, 1.807) is 12.1 Å². The lowest BCUT2D eigenvalue weighted by Gasteiger charge is -2.12. The van der Waals surface area contributed by atoms with Crippen LogP contribution in [0.4, 0.5) is 0 Å². The summed E-state index contributed by atoms with van der Waals surface area (Å²) in [6.45, 7) is 6.95. The number of hydrogen-bond acceptors (Lipinski definition) is 6. The molecule has 6 nitrogen and oxygen atoms in total. The fourth-order valence-corrected chi connectivity index (χ4v) is 6.17. The fraction of sp³-hybridized carbons (Fsp3) is 0.745. The summed E-state index contributed by atoms with van der Waals surface area (Å²) in [6, 6.07) is 3.39. The van der Waals surface area contributed by atoms with Crippen molar-refractivity contribution in [3.05, 3.63) is 54.2 Å². The first-order valence-corrected chi connectivity index (χ1v) is 22.1. The number of pyridine rings is 1. The molecule has 0 unspecified atom stereocenters. The predicted octanol–water partition coefficient (Wildman–Crippen LogP) is 13.8. The number of rotatable bonds is 38. The minimum atomic E-state index is -0.355. The first-order chi connectivity index (χ1) is 26.1.